The largest absolute Gasteiger partial charge is 0.486 e. The molecular weight excluding hydrogens is 258 g/mol. The molecule has 1 amide bonds. The fourth-order valence-corrected chi connectivity index (χ4v) is 1.40. The van der Waals surface area contributed by atoms with Gasteiger partial charge >= 0.3 is 6.09 Å². The molecule has 0 saturated heterocycles. The molecule has 0 fully saturated rings. The number of amides is 1. The Kier molecular flexibility index (Phi) is 5.55. The third-order valence-electron chi connectivity index (χ3n) is 2.22. The summed E-state index contributed by atoms with van der Waals surface area (Å²) in [6, 6.07) is 7.42. The van der Waals surface area contributed by atoms with E-state index >= 15 is 0 Å². The number of carbonyl (C=O) groups excluding carboxylic acids is 2. The number of ether oxygens (including phenoxy) is 2. The highest BCUT2D eigenvalue weighted by Gasteiger charge is 2.16. The van der Waals surface area contributed by atoms with Crippen molar-refractivity contribution in [2.75, 3.05) is 13.2 Å². The summed E-state index contributed by atoms with van der Waals surface area (Å²) >= 11 is 0. The van der Waals surface area contributed by atoms with E-state index in [4.69, 9.17) is 9.47 Å². The average Bonchev–Trinajstić information content (AvgIpc) is 2.32. The number of aryl methyl sites for hydroxylation is 1. The van der Waals surface area contributed by atoms with Crippen LogP contribution in [-0.4, -0.2) is 30.6 Å². The van der Waals surface area contributed by atoms with Crippen molar-refractivity contribution in [2.24, 2.45) is 0 Å². The van der Waals surface area contributed by atoms with Crippen LogP contribution in [0.1, 0.15) is 26.3 Å². The van der Waals surface area contributed by atoms with Crippen LogP contribution in [0.2, 0.25) is 0 Å². The van der Waals surface area contributed by atoms with Crippen molar-refractivity contribution in [3.8, 4) is 5.75 Å². The zero-order chi connectivity index (χ0) is 15.2. The predicted octanol–water partition coefficient (Wildman–Crippen LogP) is 2.47. The molecule has 1 rings (SSSR count). The minimum absolute atomic E-state index is 0.0841. The number of hydrogen-bond acceptors (Lipinski definition) is 4. The zero-order valence-electron chi connectivity index (χ0n) is 12.4. The number of carbonyl (C=O) groups is 2. The van der Waals surface area contributed by atoms with Gasteiger partial charge in [-0.05, 0) is 45.4 Å². The first kappa shape index (κ1) is 16.0. The number of alkyl carbamates (subject to hydrolysis) is 1. The van der Waals surface area contributed by atoms with E-state index in [9.17, 15) is 9.59 Å². The van der Waals surface area contributed by atoms with Crippen molar-refractivity contribution < 1.29 is 19.1 Å². The van der Waals surface area contributed by atoms with Gasteiger partial charge in [-0.2, -0.15) is 0 Å². The lowest BCUT2D eigenvalue weighted by molar-refractivity contribution is -0.120. The Balaban J connectivity index is 2.29. The number of Topliss-reactive ketones (excluding diaryl/α,β-unsaturated/α-hetero) is 1. The maximum absolute atomic E-state index is 11.6. The molecule has 1 aromatic rings. The summed E-state index contributed by atoms with van der Waals surface area (Å²) in [6.45, 7) is 7.03. The predicted molar refractivity (Wildman–Crippen MR) is 75.9 cm³/mol. The molecule has 0 aromatic heterocycles. The zero-order valence-corrected chi connectivity index (χ0v) is 12.4. The van der Waals surface area contributed by atoms with Gasteiger partial charge in [-0.3, -0.25) is 4.79 Å². The van der Waals surface area contributed by atoms with Crippen molar-refractivity contribution >= 4 is 11.9 Å². The van der Waals surface area contributed by atoms with Crippen LogP contribution < -0.4 is 10.1 Å². The van der Waals surface area contributed by atoms with Crippen molar-refractivity contribution in [2.45, 2.75) is 33.3 Å². The van der Waals surface area contributed by atoms with E-state index in [0.717, 1.165) is 5.56 Å². The Labute approximate surface area is 119 Å². The van der Waals surface area contributed by atoms with Gasteiger partial charge in [0.05, 0.1) is 6.54 Å². The number of ketones is 1. The fourth-order valence-electron chi connectivity index (χ4n) is 1.40. The van der Waals surface area contributed by atoms with Crippen LogP contribution in [0.15, 0.2) is 24.3 Å². The van der Waals surface area contributed by atoms with E-state index < -0.39 is 11.7 Å². The van der Waals surface area contributed by atoms with Gasteiger partial charge in [-0.25, -0.2) is 4.79 Å². The lowest BCUT2D eigenvalue weighted by Gasteiger charge is -2.19. The second-order valence-electron chi connectivity index (χ2n) is 5.50. The Bertz CT molecular complexity index is 477. The van der Waals surface area contributed by atoms with Crippen LogP contribution in [0.4, 0.5) is 4.79 Å². The maximum Gasteiger partial charge on any atom is 0.408 e. The molecule has 0 bridgehead atoms. The molecular formula is C15H21NO4. The van der Waals surface area contributed by atoms with Crippen LogP contribution in [0.5, 0.6) is 5.75 Å². The molecule has 5 heteroatoms. The van der Waals surface area contributed by atoms with Crippen LogP contribution in [0, 0.1) is 6.92 Å². The summed E-state index contributed by atoms with van der Waals surface area (Å²) in [4.78, 5) is 22.9. The van der Waals surface area contributed by atoms with Crippen molar-refractivity contribution in [1.82, 2.24) is 5.32 Å². The maximum atomic E-state index is 11.6. The van der Waals surface area contributed by atoms with Gasteiger partial charge in [0.25, 0.3) is 0 Å². The molecule has 0 atom stereocenters. The van der Waals surface area contributed by atoms with Gasteiger partial charge in [0.1, 0.15) is 18.0 Å². The molecule has 0 unspecified atom stereocenters. The lowest BCUT2D eigenvalue weighted by atomic mass is 10.2. The Morgan fingerprint density at radius 2 is 1.95 bits per heavy atom. The standard InChI is InChI=1S/C15H21NO4/c1-11-6-5-7-13(8-11)19-10-12(17)9-16-14(18)20-15(2,3)4/h5-8H,9-10H2,1-4H3,(H,16,18). The SMILES string of the molecule is Cc1cccc(OCC(=O)CNC(=O)OC(C)(C)C)c1. The average molecular weight is 279 g/mol. The Morgan fingerprint density at radius 1 is 1.25 bits per heavy atom. The van der Waals surface area contributed by atoms with E-state index in [0.29, 0.717) is 5.75 Å². The topological polar surface area (TPSA) is 64.6 Å². The van der Waals surface area contributed by atoms with Gasteiger partial charge in [0.2, 0.25) is 0 Å². The summed E-state index contributed by atoms with van der Waals surface area (Å²) in [5, 5.41) is 2.40. The van der Waals surface area contributed by atoms with E-state index in [1.54, 1.807) is 26.8 Å². The lowest BCUT2D eigenvalue weighted by Crippen LogP contribution is -2.36. The molecule has 0 heterocycles. The summed E-state index contributed by atoms with van der Waals surface area (Å²) in [7, 11) is 0. The van der Waals surface area contributed by atoms with Gasteiger partial charge in [0, 0.05) is 0 Å². The molecule has 20 heavy (non-hydrogen) atoms. The first-order valence-electron chi connectivity index (χ1n) is 6.44. The summed E-state index contributed by atoms with van der Waals surface area (Å²) < 4.78 is 10.4. The second-order valence-corrected chi connectivity index (χ2v) is 5.50. The number of hydrogen-bond donors (Lipinski definition) is 1. The molecule has 0 aliphatic carbocycles. The summed E-state index contributed by atoms with van der Waals surface area (Å²) in [5.41, 5.74) is 0.479. The Hall–Kier alpha value is -2.04. The molecule has 1 N–H and O–H groups in total. The van der Waals surface area contributed by atoms with Crippen molar-refractivity contribution in [1.29, 1.82) is 0 Å². The van der Waals surface area contributed by atoms with E-state index in [1.165, 1.54) is 0 Å². The number of benzene rings is 1. The van der Waals surface area contributed by atoms with Gasteiger partial charge in [-0.1, -0.05) is 12.1 Å². The van der Waals surface area contributed by atoms with E-state index in [2.05, 4.69) is 5.32 Å². The highest BCUT2D eigenvalue weighted by Crippen LogP contribution is 2.12. The van der Waals surface area contributed by atoms with E-state index in [-0.39, 0.29) is 18.9 Å². The molecule has 110 valence electrons. The van der Waals surface area contributed by atoms with Gasteiger partial charge < -0.3 is 14.8 Å². The highest BCUT2D eigenvalue weighted by atomic mass is 16.6. The molecule has 0 saturated carbocycles. The Morgan fingerprint density at radius 3 is 2.55 bits per heavy atom. The van der Waals surface area contributed by atoms with Crippen LogP contribution in [0.25, 0.3) is 0 Å². The first-order valence-corrected chi connectivity index (χ1v) is 6.44. The number of rotatable bonds is 5. The molecule has 5 nitrogen and oxygen atoms in total. The van der Waals surface area contributed by atoms with Crippen LogP contribution in [-0.2, 0) is 9.53 Å². The normalized spacial score (nSPS) is 10.8. The fraction of sp³-hybridized carbons (Fsp3) is 0.467. The highest BCUT2D eigenvalue weighted by molar-refractivity contribution is 5.85. The van der Waals surface area contributed by atoms with Gasteiger partial charge in [-0.15, -0.1) is 0 Å². The first-order chi connectivity index (χ1) is 9.26. The van der Waals surface area contributed by atoms with Crippen molar-refractivity contribution in [3.05, 3.63) is 29.8 Å². The van der Waals surface area contributed by atoms with Crippen LogP contribution >= 0.6 is 0 Å². The minimum atomic E-state index is -0.610. The monoisotopic (exact) mass is 279 g/mol. The molecule has 0 radical (unpaired) electrons. The van der Waals surface area contributed by atoms with Crippen molar-refractivity contribution in [3.63, 3.8) is 0 Å². The molecule has 0 aliphatic rings. The molecule has 0 aliphatic heterocycles. The third-order valence-corrected chi connectivity index (χ3v) is 2.22. The summed E-state index contributed by atoms with van der Waals surface area (Å²) in [6.07, 6.45) is -0.610. The van der Waals surface area contributed by atoms with Crippen LogP contribution in [0.3, 0.4) is 0 Å². The third kappa shape index (κ3) is 6.78. The second kappa shape index (κ2) is 6.93. The minimum Gasteiger partial charge on any atom is -0.486 e. The molecule has 0 spiro atoms. The summed E-state index contributed by atoms with van der Waals surface area (Å²) in [5.74, 6) is 0.410. The quantitative estimate of drug-likeness (QED) is 0.899. The molecule has 1 aromatic carbocycles. The van der Waals surface area contributed by atoms with Gasteiger partial charge in [0.15, 0.2) is 5.78 Å². The van der Waals surface area contributed by atoms with E-state index in [1.807, 2.05) is 25.1 Å². The smallest absolute Gasteiger partial charge is 0.408 e. The number of nitrogens with one attached hydrogen (secondary N) is 1.